The molecule has 3 rings (SSSR count). The summed E-state index contributed by atoms with van der Waals surface area (Å²) in [6.45, 7) is 5.48. The summed E-state index contributed by atoms with van der Waals surface area (Å²) in [6, 6.07) is 12.2. The quantitative estimate of drug-likeness (QED) is 0.318. The predicted molar refractivity (Wildman–Crippen MR) is 110 cm³/mol. The predicted octanol–water partition coefficient (Wildman–Crippen LogP) is 6.17. The van der Waals surface area contributed by atoms with E-state index in [0.717, 1.165) is 31.6 Å². The van der Waals surface area contributed by atoms with Crippen molar-refractivity contribution in [3.05, 3.63) is 53.1 Å². The van der Waals surface area contributed by atoms with Crippen LogP contribution in [-0.2, 0) is 11.2 Å². The lowest BCUT2D eigenvalue weighted by Gasteiger charge is -2.08. The van der Waals surface area contributed by atoms with E-state index in [1.165, 1.54) is 47.9 Å². The Hall–Kier alpha value is -2.29. The van der Waals surface area contributed by atoms with Crippen LogP contribution in [0.4, 0.5) is 0 Å². The fourth-order valence-corrected chi connectivity index (χ4v) is 3.58. The lowest BCUT2D eigenvalue weighted by atomic mass is 10.0. The highest BCUT2D eigenvalue weighted by molar-refractivity contribution is 5.91. The van der Waals surface area contributed by atoms with E-state index < -0.39 is 0 Å². The summed E-state index contributed by atoms with van der Waals surface area (Å²) in [4.78, 5) is 12.1. The molecule has 3 heteroatoms. The SMILES string of the molecule is CCCCCCCOc1ccc2c(c1)Cc1cc(C(=O)OCCC)ccc1-2. The number of benzene rings is 2. The van der Waals surface area contributed by atoms with Gasteiger partial charge in [0.05, 0.1) is 18.8 Å². The molecule has 1 aliphatic carbocycles. The van der Waals surface area contributed by atoms with Crippen LogP contribution in [-0.4, -0.2) is 19.2 Å². The monoisotopic (exact) mass is 366 g/mol. The lowest BCUT2D eigenvalue weighted by molar-refractivity contribution is 0.0505. The van der Waals surface area contributed by atoms with Gasteiger partial charge in [-0.15, -0.1) is 0 Å². The van der Waals surface area contributed by atoms with Crippen LogP contribution >= 0.6 is 0 Å². The average molecular weight is 367 g/mol. The summed E-state index contributed by atoms with van der Waals surface area (Å²) < 4.78 is 11.2. The normalized spacial score (nSPS) is 11.8. The summed E-state index contributed by atoms with van der Waals surface area (Å²) in [7, 11) is 0. The standard InChI is InChI=1S/C24H30O3/c1-3-5-6-7-8-14-26-21-10-12-23-20(17-21)16-19-15-18(9-11-22(19)23)24(25)27-13-4-2/h9-12,15,17H,3-8,13-14,16H2,1-2H3. The Bertz CT molecular complexity index is 779. The summed E-state index contributed by atoms with van der Waals surface area (Å²) in [5, 5.41) is 0. The highest BCUT2D eigenvalue weighted by Gasteiger charge is 2.21. The van der Waals surface area contributed by atoms with Crippen LogP contribution in [0.5, 0.6) is 5.75 Å². The van der Waals surface area contributed by atoms with Crippen molar-refractivity contribution >= 4 is 5.97 Å². The number of ether oxygens (including phenoxy) is 2. The van der Waals surface area contributed by atoms with Crippen LogP contribution in [0.15, 0.2) is 36.4 Å². The second-order valence-electron chi connectivity index (χ2n) is 7.27. The van der Waals surface area contributed by atoms with Crippen molar-refractivity contribution in [3.63, 3.8) is 0 Å². The number of fused-ring (bicyclic) bond motifs is 3. The van der Waals surface area contributed by atoms with E-state index in [1.54, 1.807) is 0 Å². The molecule has 0 saturated carbocycles. The largest absolute Gasteiger partial charge is 0.494 e. The molecule has 0 bridgehead atoms. The molecular weight excluding hydrogens is 336 g/mol. The molecule has 144 valence electrons. The van der Waals surface area contributed by atoms with Gasteiger partial charge in [-0.25, -0.2) is 4.79 Å². The van der Waals surface area contributed by atoms with Crippen molar-refractivity contribution < 1.29 is 14.3 Å². The first kappa shape index (κ1) is 19.5. The van der Waals surface area contributed by atoms with E-state index >= 15 is 0 Å². The van der Waals surface area contributed by atoms with E-state index in [2.05, 4.69) is 25.1 Å². The Morgan fingerprint density at radius 1 is 0.852 bits per heavy atom. The number of carbonyl (C=O) groups is 1. The Morgan fingerprint density at radius 3 is 2.37 bits per heavy atom. The molecule has 0 amide bonds. The highest BCUT2D eigenvalue weighted by Crippen LogP contribution is 2.38. The van der Waals surface area contributed by atoms with Crippen LogP contribution in [0.2, 0.25) is 0 Å². The van der Waals surface area contributed by atoms with E-state index in [9.17, 15) is 4.79 Å². The zero-order chi connectivity index (χ0) is 19.1. The van der Waals surface area contributed by atoms with Crippen molar-refractivity contribution in [1.29, 1.82) is 0 Å². The zero-order valence-corrected chi connectivity index (χ0v) is 16.6. The molecule has 0 aromatic heterocycles. The van der Waals surface area contributed by atoms with Crippen molar-refractivity contribution in [2.45, 2.75) is 58.8 Å². The molecule has 0 N–H and O–H groups in total. The fraction of sp³-hybridized carbons (Fsp3) is 0.458. The molecule has 2 aromatic rings. The fourth-order valence-electron chi connectivity index (χ4n) is 3.58. The molecule has 0 fully saturated rings. The number of hydrogen-bond donors (Lipinski definition) is 0. The summed E-state index contributed by atoms with van der Waals surface area (Å²) in [5.74, 6) is 0.710. The number of unbranched alkanes of at least 4 members (excludes halogenated alkanes) is 4. The van der Waals surface area contributed by atoms with Gasteiger partial charge in [-0.05, 0) is 65.8 Å². The zero-order valence-electron chi connectivity index (χ0n) is 16.6. The number of rotatable bonds is 10. The molecule has 0 heterocycles. The van der Waals surface area contributed by atoms with Gasteiger partial charge in [0.15, 0.2) is 0 Å². The molecule has 0 saturated heterocycles. The van der Waals surface area contributed by atoms with Gasteiger partial charge >= 0.3 is 5.97 Å². The van der Waals surface area contributed by atoms with E-state index in [0.29, 0.717) is 12.2 Å². The van der Waals surface area contributed by atoms with Crippen molar-refractivity contribution in [2.75, 3.05) is 13.2 Å². The third-order valence-electron chi connectivity index (χ3n) is 5.04. The molecule has 3 nitrogen and oxygen atoms in total. The summed E-state index contributed by atoms with van der Waals surface area (Å²) in [5.41, 5.74) is 5.55. The van der Waals surface area contributed by atoms with Gasteiger partial charge in [0.25, 0.3) is 0 Å². The Kier molecular flexibility index (Phi) is 6.92. The number of esters is 1. The molecule has 2 aromatic carbocycles. The number of carbonyl (C=O) groups excluding carboxylic acids is 1. The Balaban J connectivity index is 1.61. The molecule has 27 heavy (non-hydrogen) atoms. The summed E-state index contributed by atoms with van der Waals surface area (Å²) in [6.07, 6.45) is 7.90. The molecule has 0 aliphatic heterocycles. The molecule has 0 radical (unpaired) electrons. The minimum atomic E-state index is -0.234. The molecule has 0 atom stereocenters. The van der Waals surface area contributed by atoms with E-state index in [-0.39, 0.29) is 5.97 Å². The van der Waals surface area contributed by atoms with Crippen LogP contribution in [0, 0.1) is 0 Å². The molecule has 1 aliphatic rings. The second-order valence-corrected chi connectivity index (χ2v) is 7.27. The smallest absolute Gasteiger partial charge is 0.338 e. The van der Waals surface area contributed by atoms with Crippen molar-refractivity contribution in [1.82, 2.24) is 0 Å². The number of hydrogen-bond acceptors (Lipinski definition) is 3. The minimum absolute atomic E-state index is 0.234. The first-order valence-corrected chi connectivity index (χ1v) is 10.3. The van der Waals surface area contributed by atoms with Gasteiger partial charge in [0.1, 0.15) is 5.75 Å². The van der Waals surface area contributed by atoms with Gasteiger partial charge in [-0.3, -0.25) is 0 Å². The summed E-state index contributed by atoms with van der Waals surface area (Å²) >= 11 is 0. The Labute approximate surface area is 162 Å². The first-order chi connectivity index (χ1) is 13.2. The van der Waals surface area contributed by atoms with Crippen LogP contribution in [0.1, 0.15) is 73.9 Å². The molecule has 0 spiro atoms. The van der Waals surface area contributed by atoms with E-state index in [1.807, 2.05) is 25.1 Å². The van der Waals surface area contributed by atoms with Gasteiger partial charge in [-0.2, -0.15) is 0 Å². The third-order valence-corrected chi connectivity index (χ3v) is 5.04. The maximum Gasteiger partial charge on any atom is 0.338 e. The van der Waals surface area contributed by atoms with E-state index in [4.69, 9.17) is 9.47 Å². The van der Waals surface area contributed by atoms with Gasteiger partial charge in [-0.1, -0.05) is 51.7 Å². The van der Waals surface area contributed by atoms with Gasteiger partial charge < -0.3 is 9.47 Å². The maximum atomic E-state index is 12.1. The van der Waals surface area contributed by atoms with Crippen LogP contribution < -0.4 is 4.74 Å². The third kappa shape index (κ3) is 4.91. The highest BCUT2D eigenvalue weighted by atomic mass is 16.5. The van der Waals surface area contributed by atoms with Crippen LogP contribution in [0.3, 0.4) is 0 Å². The lowest BCUT2D eigenvalue weighted by Crippen LogP contribution is -2.06. The molecule has 0 unspecified atom stereocenters. The average Bonchev–Trinajstić information content (AvgIpc) is 3.05. The maximum absolute atomic E-state index is 12.1. The molecular formula is C24H30O3. The van der Waals surface area contributed by atoms with Crippen molar-refractivity contribution in [2.24, 2.45) is 0 Å². The topological polar surface area (TPSA) is 35.5 Å². The minimum Gasteiger partial charge on any atom is -0.494 e. The second kappa shape index (κ2) is 9.59. The van der Waals surface area contributed by atoms with Crippen molar-refractivity contribution in [3.8, 4) is 16.9 Å². The van der Waals surface area contributed by atoms with Gasteiger partial charge in [0, 0.05) is 0 Å². The first-order valence-electron chi connectivity index (χ1n) is 10.3. The van der Waals surface area contributed by atoms with Crippen LogP contribution in [0.25, 0.3) is 11.1 Å². The van der Waals surface area contributed by atoms with Gasteiger partial charge in [0.2, 0.25) is 0 Å². The Morgan fingerprint density at radius 2 is 1.59 bits per heavy atom.